The lowest BCUT2D eigenvalue weighted by molar-refractivity contribution is -0.146. The molecule has 0 saturated carbocycles. The molecule has 0 bridgehead atoms. The number of hydrogen-bond acceptors (Lipinski definition) is 8. The van der Waals surface area contributed by atoms with Gasteiger partial charge in [0.05, 0.1) is 24.3 Å². The first-order valence-electron chi connectivity index (χ1n) is 10.5. The normalized spacial score (nSPS) is 14.6. The average Bonchev–Trinajstić information content (AvgIpc) is 3.19. The minimum atomic E-state index is -0.138. The van der Waals surface area contributed by atoms with Crippen molar-refractivity contribution in [1.82, 2.24) is 24.6 Å². The molecule has 1 fully saturated rings. The van der Waals surface area contributed by atoms with Crippen LogP contribution in [0.3, 0.4) is 0 Å². The first-order chi connectivity index (χ1) is 15.7. The molecule has 32 heavy (non-hydrogen) atoms. The number of methoxy groups -OCH3 is 1. The number of piperidine rings is 1. The number of rotatable bonds is 4. The second-order valence-corrected chi connectivity index (χ2v) is 7.75. The molecular formula is C23H23N7O2. The summed E-state index contributed by atoms with van der Waals surface area (Å²) in [7, 11) is 1.44. The zero-order valence-corrected chi connectivity index (χ0v) is 17.7. The molecule has 0 unspecified atom stereocenters. The molecule has 5 rings (SSSR count). The van der Waals surface area contributed by atoms with Crippen LogP contribution in [0.5, 0.6) is 0 Å². The summed E-state index contributed by atoms with van der Waals surface area (Å²) < 4.78 is 6.59. The van der Waals surface area contributed by atoms with Gasteiger partial charge in [0, 0.05) is 49.0 Å². The standard InChI is InChI=1S/C23H23N7O2/c1-32-23(31)15-7-11-29(12-8-15)21-17(5-4-10-26-21)16-13-27-22-19(18-6-2-3-9-25-18)20(24)28-30(22)14-16/h2-6,9-10,13-15H,7-8,11-12H2,1H3,(H2,24,28). The van der Waals surface area contributed by atoms with Crippen LogP contribution >= 0.6 is 0 Å². The summed E-state index contributed by atoms with van der Waals surface area (Å²) in [6, 6.07) is 9.57. The van der Waals surface area contributed by atoms with Gasteiger partial charge in [-0.25, -0.2) is 14.5 Å². The van der Waals surface area contributed by atoms with E-state index in [-0.39, 0.29) is 11.9 Å². The molecule has 0 radical (unpaired) electrons. The van der Waals surface area contributed by atoms with Crippen LogP contribution in [0, 0.1) is 5.92 Å². The van der Waals surface area contributed by atoms with E-state index in [1.165, 1.54) is 7.11 Å². The fourth-order valence-corrected chi connectivity index (χ4v) is 4.22. The molecule has 1 saturated heterocycles. The van der Waals surface area contributed by atoms with E-state index >= 15 is 0 Å². The predicted molar refractivity (Wildman–Crippen MR) is 121 cm³/mol. The minimum Gasteiger partial charge on any atom is -0.469 e. The summed E-state index contributed by atoms with van der Waals surface area (Å²) in [5.41, 5.74) is 10.1. The Labute approximate surface area is 184 Å². The van der Waals surface area contributed by atoms with Gasteiger partial charge in [0.25, 0.3) is 0 Å². The number of nitrogen functional groups attached to an aromatic ring is 1. The van der Waals surface area contributed by atoms with Crippen LogP contribution in [-0.2, 0) is 9.53 Å². The van der Waals surface area contributed by atoms with E-state index in [2.05, 4.69) is 25.0 Å². The van der Waals surface area contributed by atoms with Crippen molar-refractivity contribution in [2.75, 3.05) is 30.8 Å². The molecule has 5 heterocycles. The Morgan fingerprint density at radius 2 is 1.91 bits per heavy atom. The maximum atomic E-state index is 11.9. The molecule has 4 aromatic rings. The van der Waals surface area contributed by atoms with Crippen molar-refractivity contribution in [3.63, 3.8) is 0 Å². The Bertz CT molecular complexity index is 1260. The summed E-state index contributed by atoms with van der Waals surface area (Å²) in [5, 5.41) is 4.46. The zero-order chi connectivity index (χ0) is 22.1. The summed E-state index contributed by atoms with van der Waals surface area (Å²) in [4.78, 5) is 27.8. The summed E-state index contributed by atoms with van der Waals surface area (Å²) in [5.74, 6) is 1.05. The number of nitrogens with two attached hydrogens (primary N) is 1. The fraction of sp³-hybridized carbons (Fsp3) is 0.261. The molecule has 4 aromatic heterocycles. The molecule has 0 atom stereocenters. The van der Waals surface area contributed by atoms with E-state index < -0.39 is 0 Å². The largest absolute Gasteiger partial charge is 0.469 e. The maximum Gasteiger partial charge on any atom is 0.308 e. The van der Waals surface area contributed by atoms with E-state index in [1.807, 2.05) is 42.7 Å². The van der Waals surface area contributed by atoms with E-state index in [9.17, 15) is 4.79 Å². The molecule has 1 aliphatic heterocycles. The quantitative estimate of drug-likeness (QED) is 0.493. The SMILES string of the molecule is COC(=O)C1CCN(c2ncccc2-c2cnc3c(-c4ccccn4)c(N)nn3c2)CC1. The monoisotopic (exact) mass is 429 g/mol. The number of nitrogens with zero attached hydrogens (tertiary/aromatic N) is 6. The molecule has 0 aromatic carbocycles. The molecule has 162 valence electrons. The maximum absolute atomic E-state index is 11.9. The smallest absolute Gasteiger partial charge is 0.308 e. The lowest BCUT2D eigenvalue weighted by atomic mass is 9.96. The topological polar surface area (TPSA) is 112 Å². The van der Waals surface area contributed by atoms with Crippen molar-refractivity contribution in [3.8, 4) is 22.4 Å². The van der Waals surface area contributed by atoms with Crippen LogP contribution in [0.2, 0.25) is 0 Å². The molecule has 9 heteroatoms. The van der Waals surface area contributed by atoms with Crippen molar-refractivity contribution in [3.05, 3.63) is 55.1 Å². The van der Waals surface area contributed by atoms with Crippen molar-refractivity contribution in [2.24, 2.45) is 5.92 Å². The molecular weight excluding hydrogens is 406 g/mol. The van der Waals surface area contributed by atoms with Gasteiger partial charge < -0.3 is 15.4 Å². The van der Waals surface area contributed by atoms with Gasteiger partial charge in [0.2, 0.25) is 0 Å². The second-order valence-electron chi connectivity index (χ2n) is 7.75. The Hall–Kier alpha value is -4.01. The number of ether oxygens (including phenoxy) is 1. The van der Waals surface area contributed by atoms with Gasteiger partial charge in [-0.15, -0.1) is 5.10 Å². The van der Waals surface area contributed by atoms with Gasteiger partial charge in [-0.1, -0.05) is 6.07 Å². The van der Waals surface area contributed by atoms with E-state index in [0.717, 1.165) is 48.6 Å². The lowest BCUT2D eigenvalue weighted by Crippen LogP contribution is -2.37. The summed E-state index contributed by atoms with van der Waals surface area (Å²) in [6.07, 6.45) is 8.70. The number of aromatic nitrogens is 5. The average molecular weight is 429 g/mol. The number of fused-ring (bicyclic) bond motifs is 1. The van der Waals surface area contributed by atoms with Crippen LogP contribution in [0.1, 0.15) is 12.8 Å². The third-order valence-electron chi connectivity index (χ3n) is 5.85. The molecule has 1 aliphatic rings. The minimum absolute atomic E-state index is 0.0569. The Morgan fingerprint density at radius 1 is 1.09 bits per heavy atom. The Kier molecular flexibility index (Phi) is 5.14. The van der Waals surface area contributed by atoms with Crippen LogP contribution in [0.4, 0.5) is 11.6 Å². The number of pyridine rings is 2. The molecule has 0 spiro atoms. The highest BCUT2D eigenvalue weighted by Crippen LogP contribution is 2.33. The molecule has 0 amide bonds. The Morgan fingerprint density at radius 3 is 2.66 bits per heavy atom. The number of carbonyl (C=O) groups is 1. The molecule has 2 N–H and O–H groups in total. The van der Waals surface area contributed by atoms with E-state index in [0.29, 0.717) is 17.0 Å². The second kappa shape index (κ2) is 8.26. The van der Waals surface area contributed by atoms with Gasteiger partial charge in [-0.3, -0.25) is 9.78 Å². The van der Waals surface area contributed by atoms with Gasteiger partial charge in [-0.2, -0.15) is 0 Å². The van der Waals surface area contributed by atoms with Crippen LogP contribution in [0.15, 0.2) is 55.1 Å². The molecule has 0 aliphatic carbocycles. The van der Waals surface area contributed by atoms with Gasteiger partial charge >= 0.3 is 5.97 Å². The van der Waals surface area contributed by atoms with Crippen LogP contribution in [0.25, 0.3) is 28.0 Å². The highest BCUT2D eigenvalue weighted by atomic mass is 16.5. The van der Waals surface area contributed by atoms with Gasteiger partial charge in [0.15, 0.2) is 11.5 Å². The van der Waals surface area contributed by atoms with Crippen molar-refractivity contribution >= 4 is 23.3 Å². The number of hydrogen-bond donors (Lipinski definition) is 1. The highest BCUT2D eigenvalue weighted by Gasteiger charge is 2.27. The predicted octanol–water partition coefficient (Wildman–Crippen LogP) is 2.82. The van der Waals surface area contributed by atoms with Crippen molar-refractivity contribution < 1.29 is 9.53 Å². The fourth-order valence-electron chi connectivity index (χ4n) is 4.22. The van der Waals surface area contributed by atoms with E-state index in [1.54, 1.807) is 16.9 Å². The van der Waals surface area contributed by atoms with Crippen molar-refractivity contribution in [1.29, 1.82) is 0 Å². The van der Waals surface area contributed by atoms with Gasteiger partial charge in [0.1, 0.15) is 5.82 Å². The first kappa shape index (κ1) is 19.9. The van der Waals surface area contributed by atoms with Crippen LogP contribution < -0.4 is 10.6 Å². The number of anilines is 2. The van der Waals surface area contributed by atoms with Crippen molar-refractivity contribution in [2.45, 2.75) is 12.8 Å². The number of carbonyl (C=O) groups excluding carboxylic acids is 1. The van der Waals surface area contributed by atoms with E-state index in [4.69, 9.17) is 10.5 Å². The van der Waals surface area contributed by atoms with Crippen LogP contribution in [-0.4, -0.2) is 50.7 Å². The Balaban J connectivity index is 1.49. The lowest BCUT2D eigenvalue weighted by Gasteiger charge is -2.32. The first-order valence-corrected chi connectivity index (χ1v) is 10.5. The summed E-state index contributed by atoms with van der Waals surface area (Å²) in [6.45, 7) is 1.47. The third-order valence-corrected chi connectivity index (χ3v) is 5.85. The zero-order valence-electron chi connectivity index (χ0n) is 17.7. The summed E-state index contributed by atoms with van der Waals surface area (Å²) >= 11 is 0. The molecule has 9 nitrogen and oxygen atoms in total. The third kappa shape index (κ3) is 3.51. The van der Waals surface area contributed by atoms with Gasteiger partial charge in [-0.05, 0) is 37.1 Å². The number of esters is 1. The highest BCUT2D eigenvalue weighted by molar-refractivity contribution is 5.85.